The number of nitrogens with two attached hydrogens (primary N) is 1. The maximum Gasteiger partial charge on any atom is 0.408 e. The zero-order valence-electron chi connectivity index (χ0n) is 7.80. The van der Waals surface area contributed by atoms with Gasteiger partial charge in [-0.2, -0.15) is 13.2 Å². The topological polar surface area (TPSA) is 29.3 Å². The van der Waals surface area contributed by atoms with Crippen molar-refractivity contribution in [2.45, 2.75) is 12.2 Å². The standard InChI is InChI=1S/C8H11F3N2S/c1-13(2)6-4-3-5(14-6)7(12)8(9,10)11/h3-4,7H,12H2,1-2H3. The first-order valence-corrected chi connectivity index (χ1v) is 4.73. The van der Waals surface area contributed by atoms with Gasteiger partial charge in [0.25, 0.3) is 0 Å². The van der Waals surface area contributed by atoms with Gasteiger partial charge in [0.15, 0.2) is 0 Å². The normalized spacial score (nSPS) is 14.1. The van der Waals surface area contributed by atoms with Crippen molar-refractivity contribution in [3.63, 3.8) is 0 Å². The van der Waals surface area contributed by atoms with E-state index in [1.54, 1.807) is 25.1 Å². The third-order valence-electron chi connectivity index (χ3n) is 1.71. The van der Waals surface area contributed by atoms with Crippen LogP contribution in [0, 0.1) is 0 Å². The zero-order valence-corrected chi connectivity index (χ0v) is 8.62. The highest BCUT2D eigenvalue weighted by Crippen LogP contribution is 2.36. The van der Waals surface area contributed by atoms with Crippen LogP contribution in [0.4, 0.5) is 18.2 Å². The van der Waals surface area contributed by atoms with Crippen LogP contribution in [0.25, 0.3) is 0 Å². The maximum absolute atomic E-state index is 12.2. The molecular formula is C8H11F3N2S. The lowest BCUT2D eigenvalue weighted by Crippen LogP contribution is -2.27. The van der Waals surface area contributed by atoms with E-state index in [0.717, 1.165) is 16.3 Å². The Bertz CT molecular complexity index is 306. The van der Waals surface area contributed by atoms with Crippen LogP contribution in [-0.2, 0) is 0 Å². The summed E-state index contributed by atoms with van der Waals surface area (Å²) < 4.78 is 36.6. The van der Waals surface area contributed by atoms with Crippen LogP contribution in [-0.4, -0.2) is 20.3 Å². The Morgan fingerprint density at radius 3 is 2.29 bits per heavy atom. The van der Waals surface area contributed by atoms with Gasteiger partial charge in [-0.15, -0.1) is 11.3 Å². The lowest BCUT2D eigenvalue weighted by molar-refractivity contribution is -0.148. The number of anilines is 1. The molecule has 0 aliphatic rings. The first kappa shape index (κ1) is 11.3. The van der Waals surface area contributed by atoms with Gasteiger partial charge in [-0.05, 0) is 12.1 Å². The van der Waals surface area contributed by atoms with E-state index in [0.29, 0.717) is 0 Å². The van der Waals surface area contributed by atoms with Gasteiger partial charge in [-0.3, -0.25) is 0 Å². The van der Waals surface area contributed by atoms with E-state index in [4.69, 9.17) is 5.73 Å². The summed E-state index contributed by atoms with van der Waals surface area (Å²) in [6.07, 6.45) is -4.37. The van der Waals surface area contributed by atoms with Crippen molar-refractivity contribution in [1.82, 2.24) is 0 Å². The molecule has 1 aromatic rings. The molecule has 0 aromatic carbocycles. The molecule has 1 unspecified atom stereocenters. The molecule has 80 valence electrons. The highest BCUT2D eigenvalue weighted by molar-refractivity contribution is 7.16. The molecule has 0 bridgehead atoms. The van der Waals surface area contributed by atoms with Gasteiger partial charge in [-0.1, -0.05) is 0 Å². The maximum atomic E-state index is 12.2. The highest BCUT2D eigenvalue weighted by atomic mass is 32.1. The largest absolute Gasteiger partial charge is 0.408 e. The summed E-state index contributed by atoms with van der Waals surface area (Å²) in [6.45, 7) is 0. The molecule has 1 atom stereocenters. The third-order valence-corrected chi connectivity index (χ3v) is 3.05. The SMILES string of the molecule is CN(C)c1ccc(C(N)C(F)(F)F)s1. The molecule has 2 N–H and O–H groups in total. The summed E-state index contributed by atoms with van der Waals surface area (Å²) in [7, 11) is 3.55. The Morgan fingerprint density at radius 1 is 1.36 bits per heavy atom. The molecule has 1 rings (SSSR count). The summed E-state index contributed by atoms with van der Waals surface area (Å²) in [6, 6.07) is 1.17. The Labute approximate surface area is 84.1 Å². The Morgan fingerprint density at radius 2 is 1.93 bits per heavy atom. The molecule has 6 heteroatoms. The fourth-order valence-corrected chi connectivity index (χ4v) is 1.87. The van der Waals surface area contributed by atoms with E-state index < -0.39 is 12.2 Å². The van der Waals surface area contributed by atoms with Gasteiger partial charge in [0, 0.05) is 19.0 Å². The number of hydrogen-bond donors (Lipinski definition) is 1. The molecule has 0 saturated heterocycles. The second-order valence-electron chi connectivity index (χ2n) is 3.09. The van der Waals surface area contributed by atoms with Crippen molar-refractivity contribution in [2.75, 3.05) is 19.0 Å². The average Bonchev–Trinajstić information content (AvgIpc) is 2.48. The molecule has 1 aromatic heterocycles. The van der Waals surface area contributed by atoms with E-state index in [1.165, 1.54) is 6.07 Å². The molecule has 0 aliphatic carbocycles. The van der Waals surface area contributed by atoms with Crippen LogP contribution < -0.4 is 10.6 Å². The summed E-state index contributed by atoms with van der Waals surface area (Å²) in [4.78, 5) is 1.89. The summed E-state index contributed by atoms with van der Waals surface area (Å²) in [5, 5.41) is 0.764. The quantitative estimate of drug-likeness (QED) is 0.835. The number of rotatable bonds is 2. The molecular weight excluding hydrogens is 213 g/mol. The predicted octanol–water partition coefficient (Wildman–Crippen LogP) is 2.38. The zero-order chi connectivity index (χ0) is 10.9. The van der Waals surface area contributed by atoms with Gasteiger partial charge < -0.3 is 10.6 Å². The van der Waals surface area contributed by atoms with Gasteiger partial charge in [0.05, 0.1) is 5.00 Å². The van der Waals surface area contributed by atoms with Gasteiger partial charge >= 0.3 is 6.18 Å². The number of alkyl halides is 3. The van der Waals surface area contributed by atoms with Crippen molar-refractivity contribution in [2.24, 2.45) is 5.73 Å². The van der Waals surface area contributed by atoms with Crippen molar-refractivity contribution in [3.8, 4) is 0 Å². The molecule has 1 heterocycles. The Balaban J connectivity index is 2.87. The minimum Gasteiger partial charge on any atom is -0.370 e. The monoisotopic (exact) mass is 224 g/mol. The van der Waals surface area contributed by atoms with Crippen LogP contribution in [0.3, 0.4) is 0 Å². The Kier molecular flexibility index (Phi) is 3.06. The Hall–Kier alpha value is -0.750. The minimum atomic E-state index is -4.37. The van der Waals surface area contributed by atoms with Crippen LogP contribution in [0.1, 0.15) is 10.9 Å². The van der Waals surface area contributed by atoms with Crippen molar-refractivity contribution >= 4 is 16.3 Å². The van der Waals surface area contributed by atoms with E-state index in [1.807, 2.05) is 0 Å². The predicted molar refractivity (Wildman–Crippen MR) is 51.6 cm³/mol. The van der Waals surface area contributed by atoms with Crippen LogP contribution in [0.2, 0.25) is 0 Å². The fraction of sp³-hybridized carbons (Fsp3) is 0.500. The highest BCUT2D eigenvalue weighted by Gasteiger charge is 2.38. The van der Waals surface area contributed by atoms with E-state index in [2.05, 4.69) is 0 Å². The number of thiophene rings is 1. The lowest BCUT2D eigenvalue weighted by atomic mass is 10.2. The molecule has 0 amide bonds. The molecule has 0 radical (unpaired) electrons. The molecule has 2 nitrogen and oxygen atoms in total. The summed E-state index contributed by atoms with van der Waals surface area (Å²) >= 11 is 1.06. The van der Waals surface area contributed by atoms with E-state index >= 15 is 0 Å². The number of nitrogens with zero attached hydrogens (tertiary/aromatic N) is 1. The van der Waals surface area contributed by atoms with E-state index in [-0.39, 0.29) is 4.88 Å². The van der Waals surface area contributed by atoms with Gasteiger partial charge in [0.2, 0.25) is 0 Å². The van der Waals surface area contributed by atoms with Crippen LogP contribution in [0.15, 0.2) is 12.1 Å². The van der Waals surface area contributed by atoms with Crippen molar-refractivity contribution in [1.29, 1.82) is 0 Å². The number of halogens is 3. The average molecular weight is 224 g/mol. The molecule has 0 saturated carbocycles. The lowest BCUT2D eigenvalue weighted by Gasteiger charge is -2.13. The van der Waals surface area contributed by atoms with E-state index in [9.17, 15) is 13.2 Å². The van der Waals surface area contributed by atoms with Crippen molar-refractivity contribution < 1.29 is 13.2 Å². The van der Waals surface area contributed by atoms with Crippen LogP contribution in [0.5, 0.6) is 0 Å². The van der Waals surface area contributed by atoms with Crippen LogP contribution >= 0.6 is 11.3 Å². The van der Waals surface area contributed by atoms with Gasteiger partial charge in [0.1, 0.15) is 6.04 Å². The second-order valence-corrected chi connectivity index (χ2v) is 4.18. The molecule has 0 spiro atoms. The molecule has 0 fully saturated rings. The summed E-state index contributed by atoms with van der Waals surface area (Å²) in [5.74, 6) is 0. The fourth-order valence-electron chi connectivity index (χ4n) is 0.911. The smallest absolute Gasteiger partial charge is 0.370 e. The third kappa shape index (κ3) is 2.39. The number of hydrogen-bond acceptors (Lipinski definition) is 3. The summed E-state index contributed by atoms with van der Waals surface area (Å²) in [5.41, 5.74) is 5.05. The molecule has 14 heavy (non-hydrogen) atoms. The first-order chi connectivity index (χ1) is 6.32. The van der Waals surface area contributed by atoms with Crippen molar-refractivity contribution in [3.05, 3.63) is 17.0 Å². The van der Waals surface area contributed by atoms with Gasteiger partial charge in [-0.25, -0.2) is 0 Å². The first-order valence-electron chi connectivity index (χ1n) is 3.91. The molecule has 0 aliphatic heterocycles. The second kappa shape index (κ2) is 3.78. The minimum absolute atomic E-state index is 0.140.